The van der Waals surface area contributed by atoms with E-state index in [4.69, 9.17) is 9.52 Å². The van der Waals surface area contributed by atoms with Crippen molar-refractivity contribution in [1.82, 2.24) is 0 Å². The highest BCUT2D eigenvalue weighted by Crippen LogP contribution is 2.39. The Morgan fingerprint density at radius 1 is 1.03 bits per heavy atom. The van der Waals surface area contributed by atoms with Crippen molar-refractivity contribution in [3.63, 3.8) is 0 Å². The third-order valence-corrected chi connectivity index (χ3v) is 5.54. The molecule has 1 N–H and O–H groups in total. The SMILES string of the molecule is CC1=NN(c2ccc(C(=O)O)cc2)C(=O)/C1=C\c1ccc(-c2cc(C)c(C)cc2C(F)(F)F)o1. The fraction of sp³-hybridized carbons (Fsp3) is 0.160. The number of aromatic carboxylic acids is 1. The van der Waals surface area contributed by atoms with Gasteiger partial charge >= 0.3 is 12.1 Å². The standard InChI is InChI=1S/C25H19F3N2O4/c1-13-10-20(21(11-14(13)2)25(26,27)28)22-9-8-18(34-22)12-19-15(3)29-30(23(19)31)17-6-4-16(5-7-17)24(32)33/h4-12H,1-3H3,(H,32,33)/b19-12-. The molecule has 4 rings (SSSR count). The first-order valence-electron chi connectivity index (χ1n) is 10.2. The number of benzene rings is 2. The normalized spacial score (nSPS) is 15.2. The lowest BCUT2D eigenvalue weighted by atomic mass is 9.98. The number of alkyl halides is 3. The van der Waals surface area contributed by atoms with E-state index in [1.165, 1.54) is 48.5 Å². The molecular weight excluding hydrogens is 449 g/mol. The number of halogens is 3. The van der Waals surface area contributed by atoms with Crippen molar-refractivity contribution in [1.29, 1.82) is 0 Å². The predicted molar refractivity (Wildman–Crippen MR) is 121 cm³/mol. The first-order valence-corrected chi connectivity index (χ1v) is 10.2. The van der Waals surface area contributed by atoms with Gasteiger partial charge in [-0.1, -0.05) is 0 Å². The van der Waals surface area contributed by atoms with Gasteiger partial charge in [0.1, 0.15) is 11.5 Å². The fourth-order valence-corrected chi connectivity index (χ4v) is 3.58. The number of carboxylic acids is 1. The summed E-state index contributed by atoms with van der Waals surface area (Å²) in [4.78, 5) is 24.0. The Morgan fingerprint density at radius 3 is 2.29 bits per heavy atom. The number of carbonyl (C=O) groups is 2. The lowest BCUT2D eigenvalue weighted by Gasteiger charge is -2.14. The molecule has 0 radical (unpaired) electrons. The Labute approximate surface area is 192 Å². The maximum atomic E-state index is 13.6. The maximum absolute atomic E-state index is 13.6. The highest BCUT2D eigenvalue weighted by Gasteiger charge is 2.35. The van der Waals surface area contributed by atoms with Crippen LogP contribution in [0.1, 0.15) is 39.7 Å². The van der Waals surface area contributed by atoms with Crippen LogP contribution in [0, 0.1) is 13.8 Å². The highest BCUT2D eigenvalue weighted by atomic mass is 19.4. The molecular formula is C25H19F3N2O4. The Kier molecular flexibility index (Phi) is 5.64. The molecule has 174 valence electrons. The molecule has 0 saturated heterocycles. The third-order valence-electron chi connectivity index (χ3n) is 5.54. The van der Waals surface area contributed by atoms with Crippen LogP contribution in [0.15, 0.2) is 63.6 Å². The molecule has 3 aromatic rings. The van der Waals surface area contributed by atoms with Crippen molar-refractivity contribution >= 4 is 29.4 Å². The van der Waals surface area contributed by atoms with Gasteiger partial charge in [0.25, 0.3) is 5.91 Å². The second kappa shape index (κ2) is 8.33. The minimum atomic E-state index is -4.55. The van der Waals surface area contributed by atoms with Gasteiger partial charge in [-0.05, 0) is 86.5 Å². The van der Waals surface area contributed by atoms with Crippen molar-refractivity contribution in [2.24, 2.45) is 5.10 Å². The zero-order valence-electron chi connectivity index (χ0n) is 18.4. The summed E-state index contributed by atoms with van der Waals surface area (Å²) in [6.45, 7) is 4.95. The van der Waals surface area contributed by atoms with Crippen LogP contribution in [0.25, 0.3) is 17.4 Å². The van der Waals surface area contributed by atoms with Gasteiger partial charge in [0.05, 0.1) is 28.1 Å². The van der Waals surface area contributed by atoms with E-state index in [0.717, 1.165) is 11.1 Å². The average molecular weight is 468 g/mol. The summed E-state index contributed by atoms with van der Waals surface area (Å²) in [5, 5.41) is 14.4. The van der Waals surface area contributed by atoms with Crippen LogP contribution in [-0.2, 0) is 11.0 Å². The molecule has 9 heteroatoms. The lowest BCUT2D eigenvalue weighted by Crippen LogP contribution is -2.21. The van der Waals surface area contributed by atoms with E-state index in [1.54, 1.807) is 20.8 Å². The van der Waals surface area contributed by atoms with Gasteiger partial charge in [-0.3, -0.25) is 4.79 Å². The number of hydrazone groups is 1. The van der Waals surface area contributed by atoms with Crippen LogP contribution in [0.5, 0.6) is 0 Å². The second-order valence-electron chi connectivity index (χ2n) is 7.89. The van der Waals surface area contributed by atoms with E-state index < -0.39 is 23.6 Å². The molecule has 0 saturated carbocycles. The van der Waals surface area contributed by atoms with E-state index in [0.29, 0.717) is 22.5 Å². The summed E-state index contributed by atoms with van der Waals surface area (Å²) >= 11 is 0. The quantitative estimate of drug-likeness (QED) is 0.470. The van der Waals surface area contributed by atoms with E-state index >= 15 is 0 Å². The maximum Gasteiger partial charge on any atom is 0.417 e. The molecule has 0 unspecified atom stereocenters. The number of hydrogen-bond donors (Lipinski definition) is 1. The van der Waals surface area contributed by atoms with Gasteiger partial charge in [-0.25, -0.2) is 4.79 Å². The molecule has 0 spiro atoms. The van der Waals surface area contributed by atoms with Crippen LogP contribution in [0.2, 0.25) is 0 Å². The first-order chi connectivity index (χ1) is 16.0. The molecule has 2 aromatic carbocycles. The topological polar surface area (TPSA) is 83.1 Å². The van der Waals surface area contributed by atoms with Crippen molar-refractivity contribution in [3.05, 3.63) is 82.1 Å². The molecule has 34 heavy (non-hydrogen) atoms. The molecule has 1 amide bonds. The van der Waals surface area contributed by atoms with Gasteiger partial charge < -0.3 is 9.52 Å². The number of anilines is 1. The summed E-state index contributed by atoms with van der Waals surface area (Å²) in [7, 11) is 0. The van der Waals surface area contributed by atoms with Gasteiger partial charge in [-0.2, -0.15) is 23.3 Å². The number of carboxylic acid groups (broad SMARTS) is 1. The Hall–Kier alpha value is -4.14. The number of nitrogens with zero attached hydrogens (tertiary/aromatic N) is 2. The first kappa shape index (κ1) is 23.0. The monoisotopic (exact) mass is 468 g/mol. The zero-order valence-corrected chi connectivity index (χ0v) is 18.4. The Bertz CT molecular complexity index is 1370. The molecule has 0 bridgehead atoms. The van der Waals surface area contributed by atoms with Crippen LogP contribution in [0.3, 0.4) is 0 Å². The van der Waals surface area contributed by atoms with Gasteiger partial charge in [0, 0.05) is 5.56 Å². The van der Waals surface area contributed by atoms with Crippen molar-refractivity contribution in [2.75, 3.05) is 5.01 Å². The number of hydrogen-bond acceptors (Lipinski definition) is 4. The van der Waals surface area contributed by atoms with Crippen molar-refractivity contribution in [3.8, 4) is 11.3 Å². The Morgan fingerprint density at radius 2 is 1.68 bits per heavy atom. The molecule has 1 aliphatic rings. The number of aryl methyl sites for hydroxylation is 2. The molecule has 0 atom stereocenters. The summed E-state index contributed by atoms with van der Waals surface area (Å²) in [6.07, 6.45) is -3.13. The number of amides is 1. The molecule has 0 aliphatic carbocycles. The van der Waals surface area contributed by atoms with Crippen LogP contribution >= 0.6 is 0 Å². The summed E-state index contributed by atoms with van der Waals surface area (Å²) in [5.74, 6) is -1.34. The number of carbonyl (C=O) groups excluding carboxylic acids is 1. The lowest BCUT2D eigenvalue weighted by molar-refractivity contribution is -0.137. The summed E-state index contributed by atoms with van der Waals surface area (Å²) in [6, 6.07) is 11.1. The molecule has 2 heterocycles. The van der Waals surface area contributed by atoms with E-state index in [9.17, 15) is 22.8 Å². The fourth-order valence-electron chi connectivity index (χ4n) is 3.58. The van der Waals surface area contributed by atoms with Gasteiger partial charge in [-0.15, -0.1) is 0 Å². The summed E-state index contributed by atoms with van der Waals surface area (Å²) in [5.41, 5.74) is 1.37. The third kappa shape index (κ3) is 4.24. The molecule has 0 fully saturated rings. The average Bonchev–Trinajstić information content (AvgIpc) is 3.35. The molecule has 6 nitrogen and oxygen atoms in total. The van der Waals surface area contributed by atoms with Crippen LogP contribution in [0.4, 0.5) is 18.9 Å². The number of rotatable bonds is 4. The minimum absolute atomic E-state index is 0.0310. The van der Waals surface area contributed by atoms with Crippen molar-refractivity contribution in [2.45, 2.75) is 26.9 Å². The second-order valence-corrected chi connectivity index (χ2v) is 7.89. The van der Waals surface area contributed by atoms with Gasteiger partial charge in [0.2, 0.25) is 0 Å². The predicted octanol–water partition coefficient (Wildman–Crippen LogP) is 6.09. The van der Waals surface area contributed by atoms with E-state index in [1.807, 2.05) is 0 Å². The molecule has 1 aliphatic heterocycles. The summed E-state index contributed by atoms with van der Waals surface area (Å²) < 4.78 is 46.5. The van der Waals surface area contributed by atoms with Crippen LogP contribution in [-0.4, -0.2) is 22.7 Å². The van der Waals surface area contributed by atoms with E-state index in [2.05, 4.69) is 5.10 Å². The molecule has 1 aromatic heterocycles. The van der Waals surface area contributed by atoms with E-state index in [-0.39, 0.29) is 28.2 Å². The minimum Gasteiger partial charge on any atom is -0.478 e. The van der Waals surface area contributed by atoms with Crippen LogP contribution < -0.4 is 5.01 Å². The van der Waals surface area contributed by atoms with Crippen molar-refractivity contribution < 1.29 is 32.3 Å². The van der Waals surface area contributed by atoms with Gasteiger partial charge in [0.15, 0.2) is 0 Å². The number of furan rings is 1. The smallest absolute Gasteiger partial charge is 0.417 e. The largest absolute Gasteiger partial charge is 0.478 e. The zero-order chi connectivity index (χ0) is 24.8. The highest BCUT2D eigenvalue weighted by molar-refractivity contribution is 6.32. The Balaban J connectivity index is 1.66.